The van der Waals surface area contributed by atoms with E-state index in [0.717, 1.165) is 44.5 Å². The largest absolute Gasteiger partial charge is 0.339 e. The van der Waals surface area contributed by atoms with Crippen LogP contribution < -0.4 is 5.32 Å². The van der Waals surface area contributed by atoms with Crippen LogP contribution in [0, 0.1) is 11.3 Å². The molecule has 0 bridgehead atoms. The number of aromatic nitrogens is 3. The number of thioether (sulfide) groups is 1. The molecule has 2 amide bonds. The molecule has 0 saturated carbocycles. The second-order valence-electron chi connectivity index (χ2n) is 8.00. The Hall–Kier alpha value is -3.38. The molecule has 0 unspecified atom stereocenters. The van der Waals surface area contributed by atoms with E-state index in [1.807, 2.05) is 21.8 Å². The second-order valence-corrected chi connectivity index (χ2v) is 8.99. The van der Waals surface area contributed by atoms with Crippen LogP contribution in [0.2, 0.25) is 0 Å². The second kappa shape index (κ2) is 10.5. The van der Waals surface area contributed by atoms with Crippen molar-refractivity contribution in [2.24, 2.45) is 0 Å². The number of likely N-dealkylation sites (tertiary alicyclic amines) is 1. The average Bonchev–Trinajstić information content (AvgIpc) is 3.20. The van der Waals surface area contributed by atoms with Crippen molar-refractivity contribution in [3.05, 3.63) is 53.2 Å². The van der Waals surface area contributed by atoms with Gasteiger partial charge >= 0.3 is 0 Å². The first-order valence-corrected chi connectivity index (χ1v) is 12.5. The topological polar surface area (TPSA) is 104 Å². The average molecular weight is 463 g/mol. The first-order valence-electron chi connectivity index (χ1n) is 11.1. The number of aryl methyl sites for hydroxylation is 1. The van der Waals surface area contributed by atoms with Crippen LogP contribution in [-0.2, 0) is 6.54 Å². The van der Waals surface area contributed by atoms with Crippen LogP contribution in [-0.4, -0.2) is 56.3 Å². The zero-order valence-electron chi connectivity index (χ0n) is 18.6. The molecule has 2 aromatic heterocycles. The van der Waals surface area contributed by atoms with Gasteiger partial charge in [-0.25, -0.2) is 9.97 Å². The summed E-state index contributed by atoms with van der Waals surface area (Å²) in [5, 5.41) is 12.0. The Morgan fingerprint density at radius 3 is 2.76 bits per heavy atom. The number of carbonyl (C=O) groups is 2. The number of nitriles is 1. The summed E-state index contributed by atoms with van der Waals surface area (Å²) in [5.74, 6) is 0.967. The van der Waals surface area contributed by atoms with E-state index in [0.29, 0.717) is 40.3 Å². The van der Waals surface area contributed by atoms with E-state index in [1.165, 1.54) is 0 Å². The van der Waals surface area contributed by atoms with Gasteiger partial charge in [-0.15, -0.1) is 0 Å². The Labute approximate surface area is 197 Å². The van der Waals surface area contributed by atoms with Gasteiger partial charge in [-0.2, -0.15) is 17.0 Å². The molecule has 170 valence electrons. The van der Waals surface area contributed by atoms with Gasteiger partial charge in [0.05, 0.1) is 17.2 Å². The molecule has 1 aliphatic heterocycles. The fourth-order valence-electron chi connectivity index (χ4n) is 3.99. The Morgan fingerprint density at radius 2 is 2.00 bits per heavy atom. The van der Waals surface area contributed by atoms with Crippen molar-refractivity contribution in [1.29, 1.82) is 5.26 Å². The Morgan fingerprint density at radius 1 is 1.18 bits per heavy atom. The fraction of sp³-hybridized carbons (Fsp3) is 0.375. The van der Waals surface area contributed by atoms with E-state index >= 15 is 0 Å². The molecule has 4 rings (SSSR count). The van der Waals surface area contributed by atoms with Gasteiger partial charge in [0.15, 0.2) is 5.65 Å². The van der Waals surface area contributed by atoms with E-state index in [4.69, 9.17) is 5.26 Å². The summed E-state index contributed by atoms with van der Waals surface area (Å²) in [7, 11) is 0. The monoisotopic (exact) mass is 462 g/mol. The normalized spacial score (nSPS) is 13.6. The number of benzene rings is 1. The predicted octanol–water partition coefficient (Wildman–Crippen LogP) is 3.93. The lowest BCUT2D eigenvalue weighted by molar-refractivity contribution is 0.0724. The van der Waals surface area contributed by atoms with Crippen LogP contribution in [0.1, 0.15) is 52.0 Å². The fourth-order valence-corrected chi connectivity index (χ4v) is 4.40. The molecule has 3 aromatic rings. The first kappa shape index (κ1) is 22.8. The summed E-state index contributed by atoms with van der Waals surface area (Å²) < 4.78 is 1.88. The molecule has 0 spiro atoms. The zero-order chi connectivity index (χ0) is 23.2. The van der Waals surface area contributed by atoms with Gasteiger partial charge in [-0.1, -0.05) is 6.07 Å². The number of amides is 2. The van der Waals surface area contributed by atoms with Gasteiger partial charge < -0.3 is 4.90 Å². The zero-order valence-corrected chi connectivity index (χ0v) is 19.4. The van der Waals surface area contributed by atoms with Gasteiger partial charge in [-0.3, -0.25) is 19.5 Å². The molecule has 9 heteroatoms. The molecule has 3 heterocycles. The maximum absolute atomic E-state index is 12.9. The Bertz CT molecular complexity index is 1210. The SMILES string of the molecule is CSCCCn1c(NC(=O)c2cccc(C#N)c2)nc2cc(C(=O)N3CCCCC3)cnc21. The molecule has 1 aromatic carbocycles. The molecule has 8 nitrogen and oxygen atoms in total. The number of piperidine rings is 1. The maximum atomic E-state index is 12.9. The molecular formula is C24H26N6O2S. The van der Waals surface area contributed by atoms with Crippen LogP contribution in [0.4, 0.5) is 5.95 Å². The Balaban J connectivity index is 1.64. The predicted molar refractivity (Wildman–Crippen MR) is 129 cm³/mol. The van der Waals surface area contributed by atoms with E-state index in [1.54, 1.807) is 48.3 Å². The van der Waals surface area contributed by atoms with E-state index in [-0.39, 0.29) is 11.8 Å². The van der Waals surface area contributed by atoms with E-state index < -0.39 is 0 Å². The third-order valence-electron chi connectivity index (χ3n) is 5.68. The molecule has 0 atom stereocenters. The van der Waals surface area contributed by atoms with Crippen LogP contribution in [0.3, 0.4) is 0 Å². The van der Waals surface area contributed by atoms with Crippen molar-refractivity contribution >= 4 is 40.7 Å². The van der Waals surface area contributed by atoms with Crippen LogP contribution in [0.15, 0.2) is 36.5 Å². The minimum Gasteiger partial charge on any atom is -0.339 e. The molecule has 1 aliphatic rings. The number of hydrogen-bond donors (Lipinski definition) is 1. The number of rotatable bonds is 7. The third kappa shape index (κ3) is 5.17. The molecule has 1 saturated heterocycles. The van der Waals surface area contributed by atoms with Crippen molar-refractivity contribution in [3.63, 3.8) is 0 Å². The van der Waals surface area contributed by atoms with Crippen molar-refractivity contribution in [2.75, 3.05) is 30.4 Å². The van der Waals surface area contributed by atoms with Gasteiger partial charge in [0.25, 0.3) is 11.8 Å². The number of nitrogens with one attached hydrogen (secondary N) is 1. The molecule has 0 aliphatic carbocycles. The van der Waals surface area contributed by atoms with E-state index in [2.05, 4.69) is 15.3 Å². The summed E-state index contributed by atoms with van der Waals surface area (Å²) in [5.41, 5.74) is 2.51. The number of nitrogens with zero attached hydrogens (tertiary/aromatic N) is 5. The first-order chi connectivity index (χ1) is 16.1. The number of fused-ring (bicyclic) bond motifs is 1. The highest BCUT2D eigenvalue weighted by atomic mass is 32.2. The summed E-state index contributed by atoms with van der Waals surface area (Å²) in [4.78, 5) is 36.8. The molecule has 0 radical (unpaired) electrons. The Kier molecular flexibility index (Phi) is 7.25. The highest BCUT2D eigenvalue weighted by Gasteiger charge is 2.21. The van der Waals surface area contributed by atoms with E-state index in [9.17, 15) is 9.59 Å². The highest BCUT2D eigenvalue weighted by Crippen LogP contribution is 2.22. The summed E-state index contributed by atoms with van der Waals surface area (Å²) >= 11 is 1.75. The summed E-state index contributed by atoms with van der Waals surface area (Å²) in [6.07, 6.45) is 7.74. The summed E-state index contributed by atoms with van der Waals surface area (Å²) in [6, 6.07) is 10.3. The van der Waals surface area contributed by atoms with Crippen LogP contribution >= 0.6 is 11.8 Å². The summed E-state index contributed by atoms with van der Waals surface area (Å²) in [6.45, 7) is 2.17. The molecular weight excluding hydrogens is 436 g/mol. The minimum atomic E-state index is -0.349. The molecule has 1 fully saturated rings. The van der Waals surface area contributed by atoms with Crippen molar-refractivity contribution < 1.29 is 9.59 Å². The third-order valence-corrected chi connectivity index (χ3v) is 6.38. The van der Waals surface area contributed by atoms with Gasteiger partial charge in [0.1, 0.15) is 5.52 Å². The lowest BCUT2D eigenvalue weighted by Crippen LogP contribution is -2.35. The smallest absolute Gasteiger partial charge is 0.258 e. The lowest BCUT2D eigenvalue weighted by Gasteiger charge is -2.26. The number of anilines is 1. The van der Waals surface area contributed by atoms with Crippen molar-refractivity contribution in [3.8, 4) is 6.07 Å². The molecule has 33 heavy (non-hydrogen) atoms. The number of pyridine rings is 1. The highest BCUT2D eigenvalue weighted by molar-refractivity contribution is 7.98. The van der Waals surface area contributed by atoms with Crippen molar-refractivity contribution in [2.45, 2.75) is 32.2 Å². The quantitative estimate of drug-likeness (QED) is 0.534. The van der Waals surface area contributed by atoms with Crippen LogP contribution in [0.25, 0.3) is 11.2 Å². The standard InChI is InChI=1S/C24H26N6O2S/c1-33-12-6-11-30-21-20(14-19(16-26-21)23(32)29-9-3-2-4-10-29)27-24(30)28-22(31)18-8-5-7-17(13-18)15-25/h5,7-8,13-14,16H,2-4,6,9-12H2,1H3,(H,27,28,31). The number of imidazole rings is 1. The van der Waals surface area contributed by atoms with Crippen LogP contribution in [0.5, 0.6) is 0 Å². The molecule has 1 N–H and O–H groups in total. The van der Waals surface area contributed by atoms with Gasteiger partial charge in [-0.05, 0) is 62.0 Å². The lowest BCUT2D eigenvalue weighted by atomic mass is 10.1. The maximum Gasteiger partial charge on any atom is 0.258 e. The number of hydrogen-bond acceptors (Lipinski definition) is 6. The van der Waals surface area contributed by atoms with Gasteiger partial charge in [0.2, 0.25) is 5.95 Å². The minimum absolute atomic E-state index is 0.0278. The number of carbonyl (C=O) groups excluding carboxylic acids is 2. The van der Waals surface area contributed by atoms with Crippen molar-refractivity contribution in [1.82, 2.24) is 19.4 Å². The van der Waals surface area contributed by atoms with Gasteiger partial charge in [0, 0.05) is 31.4 Å².